The minimum absolute atomic E-state index is 0.0299. The smallest absolute Gasteiger partial charge is 0.262 e. The standard InChI is InChI=1S/C20H27N3O2S2/c1-23-19(25)17-14-10-7-11-15(14)27-18(17)22-20(23)26-12-16(24)21-13-8-5-3-2-4-6-9-13/h13H,2-12H2,1H3,(H,21,24). The second-order valence-corrected chi connectivity index (χ2v) is 9.72. The van der Waals surface area contributed by atoms with Crippen LogP contribution in [0.1, 0.15) is 61.8 Å². The molecule has 0 bridgehead atoms. The van der Waals surface area contributed by atoms with Crippen molar-refractivity contribution in [2.24, 2.45) is 7.05 Å². The lowest BCUT2D eigenvalue weighted by Gasteiger charge is -2.21. The first-order valence-electron chi connectivity index (χ1n) is 10.1. The van der Waals surface area contributed by atoms with E-state index in [1.165, 1.54) is 54.3 Å². The number of carbonyl (C=O) groups is 1. The molecule has 146 valence electrons. The molecule has 0 saturated heterocycles. The van der Waals surface area contributed by atoms with Gasteiger partial charge in [-0.2, -0.15) is 0 Å². The second-order valence-electron chi connectivity index (χ2n) is 7.69. The van der Waals surface area contributed by atoms with Gasteiger partial charge in [0, 0.05) is 18.0 Å². The van der Waals surface area contributed by atoms with E-state index >= 15 is 0 Å². The van der Waals surface area contributed by atoms with Crippen LogP contribution in [0.15, 0.2) is 9.95 Å². The first-order chi connectivity index (χ1) is 13.1. The molecule has 2 aliphatic carbocycles. The second kappa shape index (κ2) is 8.35. The zero-order chi connectivity index (χ0) is 18.8. The molecule has 0 spiro atoms. The van der Waals surface area contributed by atoms with E-state index in [1.54, 1.807) is 23.0 Å². The third-order valence-electron chi connectivity index (χ3n) is 5.71. The first kappa shape index (κ1) is 19.0. The highest BCUT2D eigenvalue weighted by molar-refractivity contribution is 7.99. The van der Waals surface area contributed by atoms with Crippen LogP contribution in [0.3, 0.4) is 0 Å². The molecule has 2 aromatic rings. The Bertz CT molecular complexity index is 895. The topological polar surface area (TPSA) is 64.0 Å². The van der Waals surface area contributed by atoms with E-state index in [1.807, 2.05) is 0 Å². The summed E-state index contributed by atoms with van der Waals surface area (Å²) in [6, 6.07) is 0.304. The van der Waals surface area contributed by atoms with Crippen molar-refractivity contribution in [2.45, 2.75) is 75.4 Å². The van der Waals surface area contributed by atoms with Gasteiger partial charge in [0.2, 0.25) is 5.91 Å². The predicted octanol–water partition coefficient (Wildman–Crippen LogP) is 3.80. The van der Waals surface area contributed by atoms with E-state index in [9.17, 15) is 9.59 Å². The zero-order valence-electron chi connectivity index (χ0n) is 15.9. The number of amides is 1. The van der Waals surface area contributed by atoms with Crippen LogP contribution >= 0.6 is 23.1 Å². The molecule has 2 heterocycles. The predicted molar refractivity (Wildman–Crippen MR) is 112 cm³/mol. The van der Waals surface area contributed by atoms with Crippen LogP contribution in [-0.4, -0.2) is 27.3 Å². The molecule has 0 unspecified atom stereocenters. The van der Waals surface area contributed by atoms with E-state index in [0.29, 0.717) is 17.0 Å². The Morgan fingerprint density at radius 3 is 2.70 bits per heavy atom. The van der Waals surface area contributed by atoms with Gasteiger partial charge in [-0.25, -0.2) is 4.98 Å². The minimum Gasteiger partial charge on any atom is -0.353 e. The normalized spacial score (nSPS) is 18.3. The number of fused-ring (bicyclic) bond motifs is 3. The van der Waals surface area contributed by atoms with Gasteiger partial charge in [0.25, 0.3) is 5.56 Å². The summed E-state index contributed by atoms with van der Waals surface area (Å²) in [5, 5.41) is 4.63. The fourth-order valence-electron chi connectivity index (χ4n) is 4.23. The SMILES string of the molecule is Cn1c(SCC(=O)NC2CCCCCCC2)nc2sc3c(c2c1=O)CCC3. The maximum Gasteiger partial charge on any atom is 0.262 e. The molecule has 0 radical (unpaired) electrons. The Hall–Kier alpha value is -1.34. The number of aryl methyl sites for hydroxylation is 2. The molecule has 2 aliphatic rings. The third-order valence-corrected chi connectivity index (χ3v) is 7.92. The molecule has 1 amide bonds. The number of nitrogens with zero attached hydrogens (tertiary/aromatic N) is 2. The molecule has 0 aromatic carbocycles. The molecule has 1 saturated carbocycles. The van der Waals surface area contributed by atoms with Crippen molar-refractivity contribution in [1.29, 1.82) is 0 Å². The summed E-state index contributed by atoms with van der Waals surface area (Å²) in [6.07, 6.45) is 11.6. The van der Waals surface area contributed by atoms with Gasteiger partial charge in [-0.3, -0.25) is 14.2 Å². The lowest BCUT2D eigenvalue weighted by atomic mass is 9.97. The van der Waals surface area contributed by atoms with Crippen LogP contribution in [0, 0.1) is 0 Å². The summed E-state index contributed by atoms with van der Waals surface area (Å²) in [5.74, 6) is 0.362. The molecule has 2 aromatic heterocycles. The maximum absolute atomic E-state index is 12.8. The van der Waals surface area contributed by atoms with Crippen molar-refractivity contribution >= 4 is 39.2 Å². The molecule has 1 N–H and O–H groups in total. The lowest BCUT2D eigenvalue weighted by molar-refractivity contribution is -0.119. The summed E-state index contributed by atoms with van der Waals surface area (Å²) in [5.41, 5.74) is 1.24. The monoisotopic (exact) mass is 405 g/mol. The van der Waals surface area contributed by atoms with Gasteiger partial charge in [0.15, 0.2) is 5.16 Å². The number of thioether (sulfide) groups is 1. The molecule has 5 nitrogen and oxygen atoms in total. The van der Waals surface area contributed by atoms with E-state index in [-0.39, 0.29) is 11.5 Å². The van der Waals surface area contributed by atoms with E-state index in [0.717, 1.165) is 42.3 Å². The van der Waals surface area contributed by atoms with Crippen LogP contribution < -0.4 is 10.9 Å². The van der Waals surface area contributed by atoms with E-state index in [4.69, 9.17) is 4.98 Å². The Labute approximate surface area is 167 Å². The Balaban J connectivity index is 1.43. The molecule has 4 rings (SSSR count). The number of hydrogen-bond donors (Lipinski definition) is 1. The van der Waals surface area contributed by atoms with Crippen LogP contribution in [-0.2, 0) is 24.7 Å². The molecule has 7 heteroatoms. The number of carbonyl (C=O) groups excluding carboxylic acids is 1. The van der Waals surface area contributed by atoms with E-state index < -0.39 is 0 Å². The first-order valence-corrected chi connectivity index (χ1v) is 11.9. The average molecular weight is 406 g/mol. The van der Waals surface area contributed by atoms with Gasteiger partial charge in [0.05, 0.1) is 11.1 Å². The molecule has 1 fully saturated rings. The van der Waals surface area contributed by atoms with Crippen LogP contribution in [0.25, 0.3) is 10.2 Å². The maximum atomic E-state index is 12.8. The van der Waals surface area contributed by atoms with Gasteiger partial charge in [-0.15, -0.1) is 11.3 Å². The Kier molecular flexibility index (Phi) is 5.88. The highest BCUT2D eigenvalue weighted by Crippen LogP contribution is 2.35. The highest BCUT2D eigenvalue weighted by Gasteiger charge is 2.23. The Morgan fingerprint density at radius 2 is 1.93 bits per heavy atom. The fourth-order valence-corrected chi connectivity index (χ4v) is 6.32. The number of hydrogen-bond acceptors (Lipinski definition) is 5. The molecular weight excluding hydrogens is 378 g/mol. The number of nitrogens with one attached hydrogen (secondary N) is 1. The van der Waals surface area contributed by atoms with Crippen molar-refractivity contribution in [3.8, 4) is 0 Å². The number of thiophene rings is 1. The highest BCUT2D eigenvalue weighted by atomic mass is 32.2. The van der Waals surface area contributed by atoms with Gasteiger partial charge in [-0.1, -0.05) is 43.9 Å². The summed E-state index contributed by atoms with van der Waals surface area (Å²) in [7, 11) is 1.77. The van der Waals surface area contributed by atoms with Crippen molar-refractivity contribution in [2.75, 3.05) is 5.75 Å². The van der Waals surface area contributed by atoms with Gasteiger partial charge >= 0.3 is 0 Å². The zero-order valence-corrected chi connectivity index (χ0v) is 17.5. The molecule has 0 atom stereocenters. The summed E-state index contributed by atoms with van der Waals surface area (Å²) in [6.45, 7) is 0. The lowest BCUT2D eigenvalue weighted by Crippen LogP contribution is -2.36. The number of aromatic nitrogens is 2. The van der Waals surface area contributed by atoms with Crippen molar-refractivity contribution in [3.05, 3.63) is 20.8 Å². The van der Waals surface area contributed by atoms with Crippen LogP contribution in [0.2, 0.25) is 0 Å². The van der Waals surface area contributed by atoms with Crippen molar-refractivity contribution in [1.82, 2.24) is 14.9 Å². The van der Waals surface area contributed by atoms with E-state index in [2.05, 4.69) is 5.32 Å². The van der Waals surface area contributed by atoms with Gasteiger partial charge in [0.1, 0.15) is 4.83 Å². The largest absolute Gasteiger partial charge is 0.353 e. The fraction of sp³-hybridized carbons (Fsp3) is 0.650. The minimum atomic E-state index is 0.0299. The molecule has 0 aliphatic heterocycles. The molecule has 27 heavy (non-hydrogen) atoms. The summed E-state index contributed by atoms with van der Waals surface area (Å²) in [4.78, 5) is 32.1. The average Bonchev–Trinajstić information content (AvgIpc) is 3.19. The molecular formula is C20H27N3O2S2. The van der Waals surface area contributed by atoms with Crippen LogP contribution in [0.5, 0.6) is 0 Å². The van der Waals surface area contributed by atoms with Crippen LogP contribution in [0.4, 0.5) is 0 Å². The quantitative estimate of drug-likeness (QED) is 0.621. The Morgan fingerprint density at radius 1 is 1.19 bits per heavy atom. The van der Waals surface area contributed by atoms with Crippen molar-refractivity contribution < 1.29 is 4.79 Å². The summed E-state index contributed by atoms with van der Waals surface area (Å²) < 4.78 is 1.61. The summed E-state index contributed by atoms with van der Waals surface area (Å²) >= 11 is 3.02. The van der Waals surface area contributed by atoms with Gasteiger partial charge in [-0.05, 0) is 37.7 Å². The van der Waals surface area contributed by atoms with Crippen molar-refractivity contribution in [3.63, 3.8) is 0 Å². The third kappa shape index (κ3) is 4.09. The number of rotatable bonds is 4. The van der Waals surface area contributed by atoms with Gasteiger partial charge < -0.3 is 5.32 Å².